The maximum absolute atomic E-state index is 6.46. The first-order valence-electron chi connectivity index (χ1n) is 10.8. The van der Waals surface area contributed by atoms with E-state index in [1.165, 1.54) is 84.7 Å². The molecule has 0 saturated heterocycles. The minimum absolute atomic E-state index is 0.658. The van der Waals surface area contributed by atoms with Gasteiger partial charge >= 0.3 is 0 Å². The molecule has 0 amide bonds. The summed E-state index contributed by atoms with van der Waals surface area (Å²) < 4.78 is 0. The number of nitrogens with two attached hydrogens (primary N) is 2. The van der Waals surface area contributed by atoms with Crippen molar-refractivity contribution in [2.24, 2.45) is 0 Å². The van der Waals surface area contributed by atoms with Gasteiger partial charge in [-0.3, -0.25) is 0 Å². The van der Waals surface area contributed by atoms with Gasteiger partial charge < -0.3 is 11.5 Å². The predicted octanol–water partition coefficient (Wildman–Crippen LogP) is 6.37. The number of hydrogen-bond acceptors (Lipinski definition) is 2. The lowest BCUT2D eigenvalue weighted by molar-refractivity contribution is 0.722. The number of rotatable bonds is 4. The van der Waals surface area contributed by atoms with Crippen LogP contribution < -0.4 is 11.5 Å². The Morgan fingerprint density at radius 2 is 1.04 bits per heavy atom. The summed E-state index contributed by atoms with van der Waals surface area (Å²) in [7, 11) is 0. The van der Waals surface area contributed by atoms with E-state index in [0.29, 0.717) is 11.8 Å². The summed E-state index contributed by atoms with van der Waals surface area (Å²) in [6, 6.07) is 9.35. The third kappa shape index (κ3) is 3.72. The molecule has 0 bridgehead atoms. The fourth-order valence-electron chi connectivity index (χ4n) is 5.39. The van der Waals surface area contributed by atoms with Crippen LogP contribution >= 0.6 is 0 Å². The summed E-state index contributed by atoms with van der Waals surface area (Å²) in [5.41, 5.74) is 23.0. The molecule has 2 aliphatic rings. The molecule has 2 heteroatoms. The molecule has 0 radical (unpaired) electrons. The average Bonchev–Trinajstić information content (AvgIpc) is 3.34. The van der Waals surface area contributed by atoms with Crippen molar-refractivity contribution in [1.82, 2.24) is 0 Å². The van der Waals surface area contributed by atoms with Crippen LogP contribution in [0.4, 0.5) is 11.4 Å². The highest BCUT2D eigenvalue weighted by Gasteiger charge is 2.22. The Hall–Kier alpha value is -1.96. The molecule has 0 aromatic heterocycles. The van der Waals surface area contributed by atoms with Gasteiger partial charge in [0.25, 0.3) is 0 Å². The standard InChI is InChI=1S/C25H34N2/c1-16-11-18(14-22(24(16)26)20-7-3-4-8-20)13-19-12-17(2)25(27)23(15-19)21-9-5-6-10-21/h11-12,14-15,20-21H,3-10,13,26-27H2,1-2H3. The molecule has 2 aromatic carbocycles. The van der Waals surface area contributed by atoms with Crippen molar-refractivity contribution in [3.05, 3.63) is 57.6 Å². The Kier molecular flexibility index (Phi) is 5.16. The zero-order valence-corrected chi connectivity index (χ0v) is 17.0. The van der Waals surface area contributed by atoms with Crippen molar-refractivity contribution in [2.75, 3.05) is 11.5 Å². The molecule has 2 saturated carbocycles. The maximum atomic E-state index is 6.46. The van der Waals surface area contributed by atoms with Gasteiger partial charge in [0.05, 0.1) is 0 Å². The fraction of sp³-hybridized carbons (Fsp3) is 0.520. The Morgan fingerprint density at radius 1 is 0.667 bits per heavy atom. The molecule has 2 aliphatic carbocycles. The summed E-state index contributed by atoms with van der Waals surface area (Å²) in [5, 5.41) is 0. The van der Waals surface area contributed by atoms with Gasteiger partial charge in [-0.15, -0.1) is 0 Å². The highest BCUT2D eigenvalue weighted by atomic mass is 14.6. The summed E-state index contributed by atoms with van der Waals surface area (Å²) in [4.78, 5) is 0. The van der Waals surface area contributed by atoms with Crippen LogP contribution in [0, 0.1) is 13.8 Å². The van der Waals surface area contributed by atoms with Crippen molar-refractivity contribution in [3.63, 3.8) is 0 Å². The first-order chi connectivity index (χ1) is 13.0. The number of aryl methyl sites for hydroxylation is 2. The molecule has 27 heavy (non-hydrogen) atoms. The molecule has 2 nitrogen and oxygen atoms in total. The van der Waals surface area contributed by atoms with E-state index in [0.717, 1.165) is 17.8 Å². The zero-order valence-electron chi connectivity index (χ0n) is 17.0. The first kappa shape index (κ1) is 18.4. The summed E-state index contributed by atoms with van der Waals surface area (Å²) >= 11 is 0. The van der Waals surface area contributed by atoms with Crippen LogP contribution in [0.5, 0.6) is 0 Å². The first-order valence-corrected chi connectivity index (χ1v) is 10.8. The quantitative estimate of drug-likeness (QED) is 0.620. The molecule has 144 valence electrons. The topological polar surface area (TPSA) is 52.0 Å². The van der Waals surface area contributed by atoms with E-state index in [9.17, 15) is 0 Å². The largest absolute Gasteiger partial charge is 0.398 e. The number of hydrogen-bond donors (Lipinski definition) is 2. The molecule has 0 unspecified atom stereocenters. The second-order valence-electron chi connectivity index (χ2n) is 8.97. The second kappa shape index (κ2) is 7.58. The van der Waals surface area contributed by atoms with Crippen molar-refractivity contribution in [1.29, 1.82) is 0 Å². The molecular formula is C25H34N2. The summed E-state index contributed by atoms with van der Waals surface area (Å²) in [6.07, 6.45) is 11.5. The van der Waals surface area contributed by atoms with E-state index < -0.39 is 0 Å². The van der Waals surface area contributed by atoms with Crippen molar-refractivity contribution in [3.8, 4) is 0 Å². The monoisotopic (exact) mass is 362 g/mol. The van der Waals surface area contributed by atoms with Gasteiger partial charge in [-0.1, -0.05) is 49.9 Å². The summed E-state index contributed by atoms with van der Waals surface area (Å²) in [5.74, 6) is 1.32. The van der Waals surface area contributed by atoms with Crippen LogP contribution in [0.1, 0.15) is 96.6 Å². The smallest absolute Gasteiger partial charge is 0.0379 e. The molecule has 4 rings (SSSR count). The van der Waals surface area contributed by atoms with E-state index in [1.54, 1.807) is 0 Å². The lowest BCUT2D eigenvalue weighted by Gasteiger charge is -2.19. The van der Waals surface area contributed by atoms with Crippen LogP contribution in [0.2, 0.25) is 0 Å². The van der Waals surface area contributed by atoms with Gasteiger partial charge in [0.2, 0.25) is 0 Å². The molecule has 2 aromatic rings. The zero-order chi connectivity index (χ0) is 19.0. The highest BCUT2D eigenvalue weighted by molar-refractivity contribution is 5.59. The van der Waals surface area contributed by atoms with Crippen molar-refractivity contribution < 1.29 is 0 Å². The van der Waals surface area contributed by atoms with Crippen molar-refractivity contribution >= 4 is 11.4 Å². The van der Waals surface area contributed by atoms with Gasteiger partial charge in [0, 0.05) is 11.4 Å². The minimum Gasteiger partial charge on any atom is -0.398 e. The molecular weight excluding hydrogens is 328 g/mol. The van der Waals surface area contributed by atoms with Gasteiger partial charge in [0.1, 0.15) is 0 Å². The molecule has 0 spiro atoms. The van der Waals surface area contributed by atoms with E-state index in [1.807, 2.05) is 0 Å². The van der Waals surface area contributed by atoms with Crippen LogP contribution in [-0.4, -0.2) is 0 Å². The van der Waals surface area contributed by atoms with Crippen LogP contribution in [-0.2, 0) is 6.42 Å². The minimum atomic E-state index is 0.658. The lowest BCUT2D eigenvalue weighted by Crippen LogP contribution is -2.05. The maximum Gasteiger partial charge on any atom is 0.0379 e. The molecule has 0 heterocycles. The molecule has 4 N–H and O–H groups in total. The van der Waals surface area contributed by atoms with Gasteiger partial charge in [-0.25, -0.2) is 0 Å². The predicted molar refractivity (Wildman–Crippen MR) is 116 cm³/mol. The molecule has 2 fully saturated rings. The van der Waals surface area contributed by atoms with Crippen molar-refractivity contribution in [2.45, 2.75) is 83.5 Å². The third-order valence-corrected chi connectivity index (χ3v) is 6.96. The van der Waals surface area contributed by atoms with Crippen LogP contribution in [0.25, 0.3) is 0 Å². The Morgan fingerprint density at radius 3 is 1.41 bits per heavy atom. The number of benzene rings is 2. The number of anilines is 2. The van der Waals surface area contributed by atoms with Gasteiger partial charge in [-0.2, -0.15) is 0 Å². The van der Waals surface area contributed by atoms with E-state index >= 15 is 0 Å². The van der Waals surface area contributed by atoms with Crippen LogP contribution in [0.15, 0.2) is 24.3 Å². The SMILES string of the molecule is Cc1cc(Cc2cc(C)c(N)c(C3CCCC3)c2)cc(C2CCCC2)c1N. The van der Waals surface area contributed by atoms with E-state index in [-0.39, 0.29) is 0 Å². The second-order valence-corrected chi connectivity index (χ2v) is 8.97. The Balaban J connectivity index is 1.65. The Bertz CT molecular complexity index is 755. The fourth-order valence-corrected chi connectivity index (χ4v) is 5.39. The highest BCUT2D eigenvalue weighted by Crippen LogP contribution is 2.40. The normalized spacial score (nSPS) is 18.4. The Labute approximate surface area is 164 Å². The molecule has 0 aliphatic heterocycles. The third-order valence-electron chi connectivity index (χ3n) is 6.96. The average molecular weight is 363 g/mol. The van der Waals surface area contributed by atoms with Gasteiger partial charge in [-0.05, 0) is 91.2 Å². The van der Waals surface area contributed by atoms with Gasteiger partial charge in [0.15, 0.2) is 0 Å². The number of nitrogen functional groups attached to an aromatic ring is 2. The molecule has 0 atom stereocenters. The summed E-state index contributed by atoms with van der Waals surface area (Å²) in [6.45, 7) is 4.32. The van der Waals surface area contributed by atoms with Crippen LogP contribution in [0.3, 0.4) is 0 Å². The van der Waals surface area contributed by atoms with E-state index in [2.05, 4.69) is 38.1 Å². The lowest BCUT2D eigenvalue weighted by atomic mass is 9.88. The van der Waals surface area contributed by atoms with E-state index in [4.69, 9.17) is 11.5 Å².